The van der Waals surface area contributed by atoms with E-state index < -0.39 is 0 Å². The van der Waals surface area contributed by atoms with E-state index >= 15 is 0 Å². The van der Waals surface area contributed by atoms with E-state index in [1.54, 1.807) is 11.8 Å². The van der Waals surface area contributed by atoms with E-state index in [4.69, 9.17) is 4.99 Å². The summed E-state index contributed by atoms with van der Waals surface area (Å²) in [6, 6.07) is 28.3. The van der Waals surface area contributed by atoms with E-state index in [-0.39, 0.29) is 17.9 Å². The fourth-order valence-electron chi connectivity index (χ4n) is 3.81. The Balaban J connectivity index is 1.60. The summed E-state index contributed by atoms with van der Waals surface area (Å²) in [6.07, 6.45) is 0.680. The Kier molecular flexibility index (Phi) is 4.06. The topological polar surface area (TPSA) is 32.7 Å². The minimum atomic E-state index is -0.217. The number of nitrogens with zero attached hydrogens (tertiary/aromatic N) is 2. The van der Waals surface area contributed by atoms with Crippen LogP contribution in [0.15, 0.2) is 94.8 Å². The second-order valence-corrected chi connectivity index (χ2v) is 7.82. The second-order valence-electron chi connectivity index (χ2n) is 6.81. The Morgan fingerprint density at radius 1 is 0.852 bits per heavy atom. The molecule has 0 fully saturated rings. The molecule has 2 aliphatic rings. The number of rotatable bonds is 3. The van der Waals surface area contributed by atoms with Crippen molar-refractivity contribution in [3.63, 3.8) is 0 Å². The highest BCUT2D eigenvalue weighted by atomic mass is 32.2. The van der Waals surface area contributed by atoms with Crippen LogP contribution in [0.4, 0.5) is 5.69 Å². The van der Waals surface area contributed by atoms with Crippen molar-refractivity contribution in [1.29, 1.82) is 0 Å². The molecule has 3 aromatic carbocycles. The molecule has 0 bridgehead atoms. The smallest absolute Gasteiger partial charge is 0.239 e. The van der Waals surface area contributed by atoms with Crippen LogP contribution in [-0.4, -0.2) is 11.1 Å². The van der Waals surface area contributed by atoms with Gasteiger partial charge in [0.2, 0.25) is 5.91 Å². The van der Waals surface area contributed by atoms with Gasteiger partial charge in [-0.1, -0.05) is 72.8 Å². The van der Waals surface area contributed by atoms with Crippen LogP contribution in [-0.2, 0) is 11.2 Å². The first kappa shape index (κ1) is 16.3. The molecule has 0 unspecified atom stereocenters. The molecule has 0 aliphatic carbocycles. The van der Waals surface area contributed by atoms with E-state index in [1.807, 2.05) is 59.5 Å². The number of amides is 1. The van der Waals surface area contributed by atoms with Gasteiger partial charge in [0.15, 0.2) is 5.17 Å². The highest BCUT2D eigenvalue weighted by Crippen LogP contribution is 2.46. The molecule has 0 saturated carbocycles. The predicted octanol–water partition coefficient (Wildman–Crippen LogP) is 5.10. The summed E-state index contributed by atoms with van der Waals surface area (Å²) in [5.41, 5.74) is 3.21. The van der Waals surface area contributed by atoms with E-state index in [1.165, 1.54) is 0 Å². The standard InChI is InChI=1S/C23H18N2OS/c26-22-18(15-16-9-3-1-4-10-16)21(17-11-5-2-6-12-17)24-23-25(22)19-13-7-8-14-20(19)27-23/h1-14,18,21H,15H2/t18-,21+/m0/s1. The number of amidine groups is 1. The summed E-state index contributed by atoms with van der Waals surface area (Å²) in [4.78, 5) is 21.5. The lowest BCUT2D eigenvalue weighted by Gasteiger charge is -2.33. The second kappa shape index (κ2) is 6.71. The fraction of sp³-hybridized carbons (Fsp3) is 0.130. The summed E-state index contributed by atoms with van der Waals surface area (Å²) in [5, 5.41) is 0.791. The molecule has 0 aromatic heterocycles. The van der Waals surface area contributed by atoms with Gasteiger partial charge in [0.1, 0.15) is 0 Å². The van der Waals surface area contributed by atoms with Crippen molar-refractivity contribution in [2.75, 3.05) is 4.90 Å². The first-order chi connectivity index (χ1) is 13.3. The number of aliphatic imine (C=N–C) groups is 1. The Bertz CT molecular complexity index is 1020. The molecule has 27 heavy (non-hydrogen) atoms. The Morgan fingerprint density at radius 2 is 1.52 bits per heavy atom. The van der Waals surface area contributed by atoms with Gasteiger partial charge in [0.25, 0.3) is 0 Å². The summed E-state index contributed by atoms with van der Waals surface area (Å²) in [6.45, 7) is 0. The number of fused-ring (bicyclic) bond motifs is 3. The largest absolute Gasteiger partial charge is 0.274 e. The molecular weight excluding hydrogens is 352 g/mol. The van der Waals surface area contributed by atoms with Crippen LogP contribution in [0.25, 0.3) is 0 Å². The fourth-order valence-corrected chi connectivity index (χ4v) is 4.86. The Labute approximate surface area is 162 Å². The summed E-state index contributed by atoms with van der Waals surface area (Å²) in [5.74, 6) is -0.0829. The van der Waals surface area contributed by atoms with Crippen LogP contribution in [0, 0.1) is 5.92 Å². The van der Waals surface area contributed by atoms with Gasteiger partial charge >= 0.3 is 0 Å². The molecular formula is C23H18N2OS. The molecule has 132 valence electrons. The van der Waals surface area contributed by atoms with Gasteiger partial charge in [0.05, 0.1) is 17.6 Å². The zero-order valence-electron chi connectivity index (χ0n) is 14.7. The summed E-state index contributed by atoms with van der Waals surface area (Å²) < 4.78 is 0. The maximum atomic E-state index is 13.6. The molecule has 0 radical (unpaired) electrons. The highest BCUT2D eigenvalue weighted by Gasteiger charge is 2.43. The van der Waals surface area contributed by atoms with Crippen molar-refractivity contribution < 1.29 is 4.79 Å². The molecule has 4 heteroatoms. The van der Waals surface area contributed by atoms with Crippen molar-refractivity contribution in [1.82, 2.24) is 0 Å². The van der Waals surface area contributed by atoms with Crippen LogP contribution < -0.4 is 4.90 Å². The van der Waals surface area contributed by atoms with Crippen LogP contribution in [0.2, 0.25) is 0 Å². The van der Waals surface area contributed by atoms with E-state index in [0.717, 1.165) is 26.9 Å². The maximum absolute atomic E-state index is 13.6. The number of carbonyl (C=O) groups excluding carboxylic acids is 1. The molecule has 0 N–H and O–H groups in total. The third-order valence-electron chi connectivity index (χ3n) is 5.11. The number of carbonyl (C=O) groups is 1. The lowest BCUT2D eigenvalue weighted by Crippen LogP contribution is -2.44. The zero-order chi connectivity index (χ0) is 18.2. The zero-order valence-corrected chi connectivity index (χ0v) is 15.5. The molecule has 2 atom stereocenters. The van der Waals surface area contributed by atoms with Gasteiger partial charge in [-0.2, -0.15) is 0 Å². The van der Waals surface area contributed by atoms with Crippen LogP contribution in [0.5, 0.6) is 0 Å². The van der Waals surface area contributed by atoms with Gasteiger partial charge < -0.3 is 0 Å². The van der Waals surface area contributed by atoms with Crippen molar-refractivity contribution >= 4 is 28.5 Å². The first-order valence-corrected chi connectivity index (χ1v) is 9.90. The molecule has 1 amide bonds. The third kappa shape index (κ3) is 2.86. The first-order valence-electron chi connectivity index (χ1n) is 9.09. The van der Waals surface area contributed by atoms with Gasteiger partial charge in [-0.05, 0) is 41.4 Å². The van der Waals surface area contributed by atoms with Crippen molar-refractivity contribution in [2.45, 2.75) is 17.4 Å². The normalized spacial score (nSPS) is 20.8. The lowest BCUT2D eigenvalue weighted by atomic mass is 9.86. The number of benzene rings is 3. The molecule has 3 aromatic rings. The highest BCUT2D eigenvalue weighted by molar-refractivity contribution is 8.15. The van der Waals surface area contributed by atoms with Crippen LogP contribution in [0.3, 0.4) is 0 Å². The summed E-state index contributed by atoms with van der Waals surface area (Å²) in [7, 11) is 0. The molecule has 0 saturated heterocycles. The minimum Gasteiger partial charge on any atom is -0.274 e. The van der Waals surface area contributed by atoms with Crippen LogP contribution in [0.1, 0.15) is 17.2 Å². The Morgan fingerprint density at radius 3 is 2.30 bits per heavy atom. The minimum absolute atomic E-state index is 0.134. The molecule has 5 rings (SSSR count). The number of para-hydroxylation sites is 1. The average molecular weight is 370 g/mol. The number of thioether (sulfide) groups is 1. The number of hydrogen-bond acceptors (Lipinski definition) is 3. The van der Waals surface area contributed by atoms with Crippen LogP contribution >= 0.6 is 11.8 Å². The van der Waals surface area contributed by atoms with Gasteiger partial charge in [0, 0.05) is 4.90 Å². The quantitative estimate of drug-likeness (QED) is 0.643. The summed E-state index contributed by atoms with van der Waals surface area (Å²) >= 11 is 1.59. The molecule has 0 spiro atoms. The van der Waals surface area contributed by atoms with E-state index in [2.05, 4.69) is 30.3 Å². The monoisotopic (exact) mass is 370 g/mol. The van der Waals surface area contributed by atoms with Crippen molar-refractivity contribution in [3.05, 3.63) is 96.1 Å². The van der Waals surface area contributed by atoms with Gasteiger partial charge in [-0.25, -0.2) is 0 Å². The van der Waals surface area contributed by atoms with Gasteiger partial charge in [-0.15, -0.1) is 0 Å². The molecule has 2 aliphatic heterocycles. The predicted molar refractivity (Wildman–Crippen MR) is 110 cm³/mol. The molecule has 2 heterocycles. The maximum Gasteiger partial charge on any atom is 0.239 e. The SMILES string of the molecule is O=C1[C@@H](Cc2ccccc2)[C@@H](c2ccccc2)N=C2Sc3ccccc3N12. The molecule has 3 nitrogen and oxygen atoms in total. The van der Waals surface area contributed by atoms with E-state index in [0.29, 0.717) is 6.42 Å². The number of hydrogen-bond donors (Lipinski definition) is 0. The van der Waals surface area contributed by atoms with E-state index in [9.17, 15) is 4.79 Å². The lowest BCUT2D eigenvalue weighted by molar-refractivity contribution is -0.122. The van der Waals surface area contributed by atoms with Gasteiger partial charge in [-0.3, -0.25) is 14.7 Å². The van der Waals surface area contributed by atoms with Crippen molar-refractivity contribution in [2.24, 2.45) is 10.9 Å². The van der Waals surface area contributed by atoms with Crippen molar-refractivity contribution in [3.8, 4) is 0 Å². The Hall–Kier alpha value is -2.85. The average Bonchev–Trinajstić information content (AvgIpc) is 3.10. The number of anilines is 1. The third-order valence-corrected chi connectivity index (χ3v) is 6.14.